The molecule has 0 amide bonds. The molecule has 2 aromatic heterocycles. The van der Waals surface area contributed by atoms with E-state index in [-0.39, 0.29) is 5.41 Å². The summed E-state index contributed by atoms with van der Waals surface area (Å²) in [6, 6.07) is 2.40. The van der Waals surface area contributed by atoms with Crippen LogP contribution in [-0.2, 0) is 5.41 Å². The third-order valence-electron chi connectivity index (χ3n) is 3.27. The van der Waals surface area contributed by atoms with Gasteiger partial charge in [0.1, 0.15) is 5.82 Å². The van der Waals surface area contributed by atoms with Crippen LogP contribution in [0.3, 0.4) is 0 Å². The molecule has 2 aromatic rings. The van der Waals surface area contributed by atoms with Gasteiger partial charge in [-0.3, -0.25) is 0 Å². The van der Waals surface area contributed by atoms with Crippen LogP contribution in [0.15, 0.2) is 12.4 Å². The average Bonchev–Trinajstić information content (AvgIpc) is 2.56. The van der Waals surface area contributed by atoms with E-state index in [9.17, 15) is 5.26 Å². The fourth-order valence-corrected chi connectivity index (χ4v) is 2.13. The lowest BCUT2D eigenvalue weighted by molar-refractivity contribution is 0.322. The van der Waals surface area contributed by atoms with Crippen molar-refractivity contribution in [1.82, 2.24) is 19.6 Å². The zero-order chi connectivity index (χ0) is 11.2. The monoisotopic (exact) mass is 213 g/mol. The molecular weight excluding hydrogens is 202 g/mol. The highest BCUT2D eigenvalue weighted by Gasteiger charge is 2.39. The van der Waals surface area contributed by atoms with Crippen molar-refractivity contribution >= 4 is 5.78 Å². The van der Waals surface area contributed by atoms with Gasteiger partial charge in [-0.1, -0.05) is 0 Å². The summed E-state index contributed by atoms with van der Waals surface area (Å²) in [6.07, 6.45) is 6.59. The second-order valence-corrected chi connectivity index (χ2v) is 4.29. The van der Waals surface area contributed by atoms with Gasteiger partial charge in [-0.15, -0.1) is 0 Å². The van der Waals surface area contributed by atoms with Gasteiger partial charge in [-0.2, -0.15) is 15.3 Å². The summed E-state index contributed by atoms with van der Waals surface area (Å²) < 4.78 is 1.65. The Morgan fingerprint density at radius 1 is 1.50 bits per heavy atom. The van der Waals surface area contributed by atoms with Crippen LogP contribution in [0.1, 0.15) is 30.7 Å². The molecule has 0 saturated heterocycles. The molecule has 1 aliphatic carbocycles. The minimum atomic E-state index is -0.332. The van der Waals surface area contributed by atoms with Gasteiger partial charge >= 0.3 is 0 Å². The molecule has 0 aromatic carbocycles. The molecule has 0 atom stereocenters. The van der Waals surface area contributed by atoms with Crippen molar-refractivity contribution in [2.45, 2.75) is 31.6 Å². The highest BCUT2D eigenvalue weighted by Crippen LogP contribution is 2.42. The number of hydrogen-bond donors (Lipinski definition) is 0. The van der Waals surface area contributed by atoms with Crippen LogP contribution >= 0.6 is 0 Å². The minimum absolute atomic E-state index is 0.332. The number of nitrogens with zero attached hydrogens (tertiary/aromatic N) is 5. The van der Waals surface area contributed by atoms with Crippen LogP contribution in [-0.4, -0.2) is 19.6 Å². The predicted octanol–water partition coefficient (Wildman–Crippen LogP) is 1.38. The summed E-state index contributed by atoms with van der Waals surface area (Å²) >= 11 is 0. The Morgan fingerprint density at radius 2 is 2.31 bits per heavy atom. The van der Waals surface area contributed by atoms with E-state index >= 15 is 0 Å². The molecule has 1 fully saturated rings. The Bertz CT molecular complexity index is 588. The number of hydrogen-bond acceptors (Lipinski definition) is 4. The maximum atomic E-state index is 9.24. The van der Waals surface area contributed by atoms with Crippen molar-refractivity contribution in [2.24, 2.45) is 0 Å². The van der Waals surface area contributed by atoms with Crippen molar-refractivity contribution in [3.8, 4) is 6.07 Å². The first kappa shape index (κ1) is 9.28. The standard InChI is InChI=1S/C11H11N5/c1-8-14-10-13-5-9(6-16(10)15-8)11(7-12)3-2-4-11/h5-6H,2-4H2,1H3. The molecule has 1 aliphatic rings. The predicted molar refractivity (Wildman–Crippen MR) is 56.7 cm³/mol. The fourth-order valence-electron chi connectivity index (χ4n) is 2.13. The van der Waals surface area contributed by atoms with Crippen LogP contribution in [0.5, 0.6) is 0 Å². The second-order valence-electron chi connectivity index (χ2n) is 4.29. The van der Waals surface area contributed by atoms with Crippen LogP contribution in [0, 0.1) is 18.3 Å². The largest absolute Gasteiger partial charge is 0.252 e. The molecule has 5 nitrogen and oxygen atoms in total. The third-order valence-corrected chi connectivity index (χ3v) is 3.27. The van der Waals surface area contributed by atoms with E-state index in [4.69, 9.17) is 0 Å². The molecule has 0 spiro atoms. The first-order valence-electron chi connectivity index (χ1n) is 5.34. The first-order chi connectivity index (χ1) is 7.73. The lowest BCUT2D eigenvalue weighted by Crippen LogP contribution is -2.32. The molecule has 5 heteroatoms. The Morgan fingerprint density at radius 3 is 2.94 bits per heavy atom. The smallest absolute Gasteiger partial charge is 0.219 e. The SMILES string of the molecule is Cc1nc2ncc(C3(C#N)CCC3)cn2n1. The molecule has 16 heavy (non-hydrogen) atoms. The Labute approximate surface area is 92.8 Å². The lowest BCUT2D eigenvalue weighted by Gasteiger charge is -2.34. The maximum absolute atomic E-state index is 9.24. The minimum Gasteiger partial charge on any atom is -0.219 e. The van der Waals surface area contributed by atoms with Crippen LogP contribution in [0.2, 0.25) is 0 Å². The molecule has 0 N–H and O–H groups in total. The van der Waals surface area contributed by atoms with E-state index in [1.807, 2.05) is 13.1 Å². The average molecular weight is 213 g/mol. The van der Waals surface area contributed by atoms with Gasteiger partial charge in [0.25, 0.3) is 5.78 Å². The van der Waals surface area contributed by atoms with E-state index in [1.165, 1.54) is 0 Å². The Hall–Kier alpha value is -1.96. The summed E-state index contributed by atoms with van der Waals surface area (Å²) in [5.74, 6) is 1.29. The molecule has 0 radical (unpaired) electrons. The molecule has 0 aliphatic heterocycles. The van der Waals surface area contributed by atoms with Gasteiger partial charge < -0.3 is 0 Å². The molecule has 0 bridgehead atoms. The van der Waals surface area contributed by atoms with E-state index in [0.29, 0.717) is 11.6 Å². The highest BCUT2D eigenvalue weighted by molar-refractivity contribution is 5.36. The van der Waals surface area contributed by atoms with E-state index in [1.54, 1.807) is 10.7 Å². The Balaban J connectivity index is 2.15. The van der Waals surface area contributed by atoms with E-state index in [2.05, 4.69) is 21.1 Å². The first-order valence-corrected chi connectivity index (χ1v) is 5.34. The van der Waals surface area contributed by atoms with Crippen molar-refractivity contribution in [2.75, 3.05) is 0 Å². The quantitative estimate of drug-likeness (QED) is 0.717. The zero-order valence-electron chi connectivity index (χ0n) is 9.01. The molecule has 0 unspecified atom stereocenters. The van der Waals surface area contributed by atoms with Crippen molar-refractivity contribution in [3.63, 3.8) is 0 Å². The van der Waals surface area contributed by atoms with Crippen molar-refractivity contribution in [1.29, 1.82) is 5.26 Å². The number of fused-ring (bicyclic) bond motifs is 1. The zero-order valence-corrected chi connectivity index (χ0v) is 9.01. The van der Waals surface area contributed by atoms with Gasteiger partial charge in [0, 0.05) is 18.0 Å². The van der Waals surface area contributed by atoms with Gasteiger partial charge in [0.05, 0.1) is 11.5 Å². The fraction of sp³-hybridized carbons (Fsp3) is 0.455. The molecule has 2 heterocycles. The van der Waals surface area contributed by atoms with E-state index in [0.717, 1.165) is 24.8 Å². The summed E-state index contributed by atoms with van der Waals surface area (Å²) in [6.45, 7) is 1.83. The van der Waals surface area contributed by atoms with Crippen LogP contribution in [0.4, 0.5) is 0 Å². The molecular formula is C11H11N5. The van der Waals surface area contributed by atoms with Gasteiger partial charge in [-0.25, -0.2) is 9.50 Å². The second kappa shape index (κ2) is 3.01. The normalized spacial score (nSPS) is 18.0. The molecule has 3 rings (SSSR count). The third kappa shape index (κ3) is 1.13. The Kier molecular flexibility index (Phi) is 1.75. The van der Waals surface area contributed by atoms with Gasteiger partial charge in [0.15, 0.2) is 0 Å². The number of aryl methyl sites for hydroxylation is 1. The molecule has 80 valence electrons. The highest BCUT2D eigenvalue weighted by atomic mass is 15.3. The maximum Gasteiger partial charge on any atom is 0.252 e. The van der Waals surface area contributed by atoms with Gasteiger partial charge in [0.2, 0.25) is 0 Å². The summed E-state index contributed by atoms with van der Waals surface area (Å²) in [5.41, 5.74) is 0.625. The number of nitriles is 1. The number of rotatable bonds is 1. The lowest BCUT2D eigenvalue weighted by atomic mass is 9.66. The summed E-state index contributed by atoms with van der Waals surface area (Å²) in [4.78, 5) is 8.40. The number of aromatic nitrogens is 4. The van der Waals surface area contributed by atoms with Crippen molar-refractivity contribution < 1.29 is 0 Å². The summed E-state index contributed by atoms with van der Waals surface area (Å²) in [5, 5.41) is 13.5. The summed E-state index contributed by atoms with van der Waals surface area (Å²) in [7, 11) is 0. The van der Waals surface area contributed by atoms with Crippen LogP contribution < -0.4 is 0 Å². The van der Waals surface area contributed by atoms with Crippen LogP contribution in [0.25, 0.3) is 5.78 Å². The van der Waals surface area contributed by atoms with Gasteiger partial charge in [-0.05, 0) is 26.2 Å². The van der Waals surface area contributed by atoms with Crippen molar-refractivity contribution in [3.05, 3.63) is 23.8 Å². The molecule has 1 saturated carbocycles. The van der Waals surface area contributed by atoms with E-state index < -0.39 is 0 Å². The topological polar surface area (TPSA) is 66.9 Å².